The van der Waals surface area contributed by atoms with Gasteiger partial charge in [0.2, 0.25) is 0 Å². The van der Waals surface area contributed by atoms with Crippen molar-refractivity contribution < 1.29 is 0 Å². The fourth-order valence-corrected chi connectivity index (χ4v) is 3.89. The van der Waals surface area contributed by atoms with Crippen molar-refractivity contribution in [3.05, 3.63) is 101 Å². The molecule has 0 saturated carbocycles. The van der Waals surface area contributed by atoms with Gasteiger partial charge in [-0.15, -0.1) is 6.58 Å². The minimum Gasteiger partial charge on any atom is -0.251 e. The Balaban J connectivity index is 2.01. The van der Waals surface area contributed by atoms with Gasteiger partial charge in [-0.05, 0) is 67.0 Å². The fourth-order valence-electron chi connectivity index (χ4n) is 3.89. The van der Waals surface area contributed by atoms with Gasteiger partial charge >= 0.3 is 0 Å². The highest BCUT2D eigenvalue weighted by Gasteiger charge is 2.14. The molecule has 3 rings (SSSR count). The highest BCUT2D eigenvalue weighted by atomic mass is 14.8. The van der Waals surface area contributed by atoms with Crippen LogP contribution in [0.3, 0.4) is 0 Å². The van der Waals surface area contributed by atoms with E-state index in [1.165, 1.54) is 11.1 Å². The van der Waals surface area contributed by atoms with Crippen LogP contribution < -0.4 is 0 Å². The molecule has 1 heterocycles. The van der Waals surface area contributed by atoms with E-state index in [1.807, 2.05) is 56.3 Å². The van der Waals surface area contributed by atoms with Crippen molar-refractivity contribution in [3.8, 4) is 0 Å². The molecule has 0 radical (unpaired) electrons. The molecule has 0 fully saturated rings. The Morgan fingerprint density at radius 1 is 0.788 bits per heavy atom. The third-order valence-corrected chi connectivity index (χ3v) is 5.76. The average Bonchev–Trinajstić information content (AvgIpc) is 2.80. The van der Waals surface area contributed by atoms with Crippen LogP contribution in [-0.2, 0) is 6.42 Å². The van der Waals surface area contributed by atoms with Crippen LogP contribution in [0, 0.1) is 0 Å². The van der Waals surface area contributed by atoms with E-state index in [-0.39, 0.29) is 0 Å². The Morgan fingerprint density at radius 3 is 1.91 bits per heavy atom. The molecule has 0 bridgehead atoms. The molecule has 0 aliphatic rings. The molecule has 170 valence electrons. The molecule has 3 aromatic rings. The smallest absolute Gasteiger partial charge is 0.0849 e. The number of pyridine rings is 1. The molecule has 0 spiro atoms. The molecule has 0 aliphatic carbocycles. The van der Waals surface area contributed by atoms with Crippen LogP contribution in [-0.4, -0.2) is 16.4 Å². The summed E-state index contributed by atoms with van der Waals surface area (Å²) in [6, 6.07) is 20.7. The van der Waals surface area contributed by atoms with Crippen LogP contribution in [0.4, 0.5) is 11.4 Å². The van der Waals surface area contributed by atoms with Crippen LogP contribution in [0.1, 0.15) is 81.5 Å². The quantitative estimate of drug-likeness (QED) is 0.258. The first-order valence-corrected chi connectivity index (χ1v) is 11.7. The average molecular weight is 438 g/mol. The molecule has 1 aromatic heterocycles. The largest absolute Gasteiger partial charge is 0.251 e. The number of benzene rings is 2. The number of rotatable bonds is 8. The predicted octanol–water partition coefficient (Wildman–Crippen LogP) is 8.34. The van der Waals surface area contributed by atoms with Crippen molar-refractivity contribution in [2.24, 2.45) is 9.98 Å². The molecule has 0 N–H and O–H groups in total. The zero-order valence-electron chi connectivity index (χ0n) is 20.8. The van der Waals surface area contributed by atoms with Crippen molar-refractivity contribution in [1.29, 1.82) is 0 Å². The maximum Gasteiger partial charge on any atom is 0.0849 e. The Kier molecular flexibility index (Phi) is 8.11. The van der Waals surface area contributed by atoms with Crippen LogP contribution >= 0.6 is 0 Å². The number of nitrogens with zero attached hydrogens (tertiary/aromatic N) is 3. The first-order valence-electron chi connectivity index (χ1n) is 11.7. The monoisotopic (exact) mass is 437 g/mol. The second-order valence-electron chi connectivity index (χ2n) is 9.02. The van der Waals surface area contributed by atoms with Gasteiger partial charge in [-0.25, -0.2) is 4.98 Å². The lowest BCUT2D eigenvalue weighted by Gasteiger charge is -2.17. The van der Waals surface area contributed by atoms with Gasteiger partial charge in [0.05, 0.1) is 34.2 Å². The van der Waals surface area contributed by atoms with Crippen molar-refractivity contribution in [1.82, 2.24) is 4.98 Å². The van der Waals surface area contributed by atoms with Gasteiger partial charge < -0.3 is 0 Å². The number of hydrogen-bond donors (Lipinski definition) is 0. The summed E-state index contributed by atoms with van der Waals surface area (Å²) in [6.07, 6.45) is 2.70. The molecular weight excluding hydrogens is 402 g/mol. The van der Waals surface area contributed by atoms with Gasteiger partial charge in [0, 0.05) is 0 Å². The maximum atomic E-state index is 5.10. The molecule has 0 aliphatic heterocycles. The molecule has 33 heavy (non-hydrogen) atoms. The second-order valence-corrected chi connectivity index (χ2v) is 9.02. The number of aliphatic imine (C=N–C) groups is 2. The van der Waals surface area contributed by atoms with Crippen molar-refractivity contribution >= 4 is 22.8 Å². The van der Waals surface area contributed by atoms with E-state index < -0.39 is 0 Å². The third-order valence-electron chi connectivity index (χ3n) is 5.76. The maximum absolute atomic E-state index is 5.10. The first kappa shape index (κ1) is 24.3. The van der Waals surface area contributed by atoms with E-state index >= 15 is 0 Å². The van der Waals surface area contributed by atoms with E-state index in [0.717, 1.165) is 46.2 Å². The lowest BCUT2D eigenvalue weighted by atomic mass is 9.93. The summed E-state index contributed by atoms with van der Waals surface area (Å²) in [5, 5.41) is 0. The lowest BCUT2D eigenvalue weighted by molar-refractivity contribution is 0.834. The minimum absolute atomic E-state index is 0.402. The predicted molar refractivity (Wildman–Crippen MR) is 143 cm³/mol. The molecule has 0 saturated heterocycles. The van der Waals surface area contributed by atoms with Gasteiger partial charge in [0.15, 0.2) is 0 Å². The number of allylic oxidation sites excluding steroid dienone is 1. The fraction of sp³-hybridized carbons (Fsp3) is 0.300. The highest BCUT2D eigenvalue weighted by Crippen LogP contribution is 2.35. The molecule has 0 unspecified atom stereocenters. The highest BCUT2D eigenvalue weighted by molar-refractivity contribution is 6.02. The van der Waals surface area contributed by atoms with E-state index in [1.54, 1.807) is 0 Å². The molecule has 3 heteroatoms. The molecule has 2 aromatic carbocycles. The Hall–Kier alpha value is -3.33. The topological polar surface area (TPSA) is 37.6 Å². The van der Waals surface area contributed by atoms with Crippen LogP contribution in [0.2, 0.25) is 0 Å². The normalized spacial score (nSPS) is 12.5. The number of hydrogen-bond acceptors (Lipinski definition) is 3. The second kappa shape index (κ2) is 11.0. The first-order chi connectivity index (χ1) is 15.8. The van der Waals surface area contributed by atoms with Crippen LogP contribution in [0.25, 0.3) is 0 Å². The van der Waals surface area contributed by atoms with Gasteiger partial charge in [0.25, 0.3) is 0 Å². The van der Waals surface area contributed by atoms with Gasteiger partial charge in [-0.3, -0.25) is 9.98 Å². The zero-order valence-corrected chi connectivity index (χ0v) is 20.8. The Morgan fingerprint density at radius 2 is 1.33 bits per heavy atom. The van der Waals surface area contributed by atoms with Crippen molar-refractivity contribution in [2.75, 3.05) is 0 Å². The summed E-state index contributed by atoms with van der Waals surface area (Å²) in [4.78, 5) is 14.9. The summed E-state index contributed by atoms with van der Waals surface area (Å²) < 4.78 is 0. The van der Waals surface area contributed by atoms with Crippen LogP contribution in [0.15, 0.2) is 83.3 Å². The molecule has 0 amide bonds. The van der Waals surface area contributed by atoms with Gasteiger partial charge in [-0.2, -0.15) is 0 Å². The molecule has 0 atom stereocenters. The SMILES string of the molecule is C=CCc1ccccc1N=C(C)c1cccc(C(C)=Nc2c(C(C)C)cccc2C(C)C)n1. The minimum atomic E-state index is 0.402. The Labute approximate surface area is 199 Å². The third kappa shape index (κ3) is 5.92. The van der Waals surface area contributed by atoms with E-state index in [4.69, 9.17) is 15.0 Å². The number of aromatic nitrogens is 1. The number of para-hydroxylation sites is 2. The molecule has 3 nitrogen and oxygen atoms in total. The van der Waals surface area contributed by atoms with E-state index in [0.29, 0.717) is 11.8 Å². The summed E-state index contributed by atoms with van der Waals surface area (Å²) in [7, 11) is 0. The standard InChI is InChI=1S/C30H35N3/c1-8-13-24-14-9-10-17-29(24)31-22(6)27-18-12-19-28(33-27)23(7)32-30-25(20(2)3)15-11-16-26(30)21(4)5/h8-12,14-21H,1,13H2,2-7H3. The summed E-state index contributed by atoms with van der Waals surface area (Å²) >= 11 is 0. The summed E-state index contributed by atoms with van der Waals surface area (Å²) in [5.41, 5.74) is 9.26. The lowest BCUT2D eigenvalue weighted by Crippen LogP contribution is -2.06. The summed E-state index contributed by atoms with van der Waals surface area (Å²) in [6.45, 7) is 16.8. The van der Waals surface area contributed by atoms with E-state index in [2.05, 4.69) is 58.5 Å². The molecular formula is C30H35N3. The van der Waals surface area contributed by atoms with Crippen molar-refractivity contribution in [3.63, 3.8) is 0 Å². The van der Waals surface area contributed by atoms with Crippen molar-refractivity contribution in [2.45, 2.75) is 59.8 Å². The van der Waals surface area contributed by atoms with Gasteiger partial charge in [-0.1, -0.05) is 76.2 Å². The Bertz CT molecular complexity index is 1160. The zero-order chi connectivity index (χ0) is 24.0. The van der Waals surface area contributed by atoms with E-state index in [9.17, 15) is 0 Å². The summed E-state index contributed by atoms with van der Waals surface area (Å²) in [5.74, 6) is 0.805. The van der Waals surface area contributed by atoms with Gasteiger partial charge in [0.1, 0.15) is 0 Å². The van der Waals surface area contributed by atoms with Crippen LogP contribution in [0.5, 0.6) is 0 Å².